The lowest BCUT2D eigenvalue weighted by molar-refractivity contribution is 0.600. The number of nitrogens with two attached hydrogens (primary N) is 1. The van der Waals surface area contributed by atoms with E-state index in [9.17, 15) is 8.42 Å². The zero-order valence-electron chi connectivity index (χ0n) is 11.4. The summed E-state index contributed by atoms with van der Waals surface area (Å²) in [6.07, 6.45) is 0. The van der Waals surface area contributed by atoms with Crippen molar-refractivity contribution >= 4 is 48.9 Å². The van der Waals surface area contributed by atoms with E-state index >= 15 is 0 Å². The molecule has 0 aliphatic carbocycles. The molecular weight excluding hydrogens is 376 g/mol. The van der Waals surface area contributed by atoms with Crippen molar-refractivity contribution in [1.29, 1.82) is 0 Å². The van der Waals surface area contributed by atoms with Crippen molar-refractivity contribution in [1.82, 2.24) is 0 Å². The molecule has 2 aromatic rings. The van der Waals surface area contributed by atoms with Crippen LogP contribution in [0.15, 0.2) is 39.7 Å². The van der Waals surface area contributed by atoms with Gasteiger partial charge in [-0.05, 0) is 65.2 Å². The molecule has 2 rings (SSSR count). The van der Waals surface area contributed by atoms with E-state index < -0.39 is 10.0 Å². The molecule has 4 nitrogen and oxygen atoms in total. The Hall–Kier alpha value is -1.24. The van der Waals surface area contributed by atoms with E-state index in [1.54, 1.807) is 31.2 Å². The van der Waals surface area contributed by atoms with Gasteiger partial charge in [-0.2, -0.15) is 0 Å². The van der Waals surface area contributed by atoms with Crippen LogP contribution in [-0.4, -0.2) is 8.42 Å². The van der Waals surface area contributed by atoms with Crippen molar-refractivity contribution in [2.75, 3.05) is 10.5 Å². The zero-order valence-corrected chi connectivity index (χ0v) is 14.6. The van der Waals surface area contributed by atoms with Crippen LogP contribution in [0.25, 0.3) is 0 Å². The molecule has 0 aromatic heterocycles. The summed E-state index contributed by atoms with van der Waals surface area (Å²) in [6, 6.07) is 8.09. The zero-order chi connectivity index (χ0) is 15.8. The van der Waals surface area contributed by atoms with Gasteiger partial charge >= 0.3 is 0 Å². The summed E-state index contributed by atoms with van der Waals surface area (Å²) in [4.78, 5) is 0.145. The van der Waals surface area contributed by atoms with E-state index in [0.29, 0.717) is 26.4 Å². The summed E-state index contributed by atoms with van der Waals surface area (Å²) in [7, 11) is -3.74. The van der Waals surface area contributed by atoms with Gasteiger partial charge in [0.25, 0.3) is 10.0 Å². The number of aryl methyl sites for hydroxylation is 2. The maximum atomic E-state index is 12.5. The van der Waals surface area contributed by atoms with Crippen molar-refractivity contribution in [3.63, 3.8) is 0 Å². The van der Waals surface area contributed by atoms with Crippen LogP contribution in [0.4, 0.5) is 11.4 Å². The van der Waals surface area contributed by atoms with Gasteiger partial charge in [0.1, 0.15) is 0 Å². The third-order valence-corrected chi connectivity index (χ3v) is 5.57. The number of halogens is 2. The Bertz CT molecular complexity index is 807. The first-order valence-electron chi connectivity index (χ1n) is 6.05. The molecule has 0 radical (unpaired) electrons. The fourth-order valence-corrected chi connectivity index (χ4v) is 4.03. The topological polar surface area (TPSA) is 72.2 Å². The smallest absolute Gasteiger partial charge is 0.262 e. The van der Waals surface area contributed by atoms with Crippen molar-refractivity contribution in [2.45, 2.75) is 18.7 Å². The fourth-order valence-electron chi connectivity index (χ4n) is 1.83. The molecule has 0 amide bonds. The van der Waals surface area contributed by atoms with Gasteiger partial charge in [-0.15, -0.1) is 0 Å². The average Bonchev–Trinajstić information content (AvgIpc) is 2.38. The summed E-state index contributed by atoms with van der Waals surface area (Å²) in [6.45, 7) is 3.55. The van der Waals surface area contributed by atoms with Crippen LogP contribution in [0, 0.1) is 13.8 Å². The SMILES string of the molecule is Cc1cc(Br)c(NS(=O)(=O)c2cc(N)ccc2C)cc1Cl. The van der Waals surface area contributed by atoms with Crippen molar-refractivity contribution in [3.8, 4) is 0 Å². The molecule has 0 aliphatic rings. The largest absolute Gasteiger partial charge is 0.399 e. The number of rotatable bonds is 3. The van der Waals surface area contributed by atoms with Gasteiger partial charge in [0, 0.05) is 15.2 Å². The Balaban J connectivity index is 2.47. The number of benzene rings is 2. The third-order valence-electron chi connectivity index (χ3n) is 2.99. The van der Waals surface area contributed by atoms with E-state index in [1.165, 1.54) is 6.07 Å². The number of sulfonamides is 1. The molecule has 112 valence electrons. The second-order valence-electron chi connectivity index (χ2n) is 4.71. The normalized spacial score (nSPS) is 11.4. The highest BCUT2D eigenvalue weighted by Crippen LogP contribution is 2.31. The number of anilines is 2. The van der Waals surface area contributed by atoms with E-state index in [1.807, 2.05) is 6.92 Å². The van der Waals surface area contributed by atoms with Crippen molar-refractivity contribution in [2.24, 2.45) is 0 Å². The number of hydrogen-bond donors (Lipinski definition) is 2. The lowest BCUT2D eigenvalue weighted by Crippen LogP contribution is -2.15. The van der Waals surface area contributed by atoms with Crippen LogP contribution in [-0.2, 0) is 10.0 Å². The van der Waals surface area contributed by atoms with Crippen LogP contribution in [0.2, 0.25) is 5.02 Å². The predicted octanol–water partition coefficient (Wildman–Crippen LogP) is 4.10. The lowest BCUT2D eigenvalue weighted by atomic mass is 10.2. The van der Waals surface area contributed by atoms with Gasteiger partial charge in [-0.25, -0.2) is 8.42 Å². The minimum absolute atomic E-state index is 0.145. The lowest BCUT2D eigenvalue weighted by Gasteiger charge is -2.13. The second-order valence-corrected chi connectivity index (χ2v) is 7.62. The van der Waals surface area contributed by atoms with E-state index in [-0.39, 0.29) is 4.90 Å². The van der Waals surface area contributed by atoms with Gasteiger partial charge in [0.05, 0.1) is 10.6 Å². The highest BCUT2D eigenvalue weighted by molar-refractivity contribution is 9.10. The van der Waals surface area contributed by atoms with Crippen LogP contribution in [0.1, 0.15) is 11.1 Å². The molecule has 2 aromatic carbocycles. The fraction of sp³-hybridized carbons (Fsp3) is 0.143. The molecular formula is C14H14BrClN2O2S. The minimum Gasteiger partial charge on any atom is -0.399 e. The van der Waals surface area contributed by atoms with Gasteiger partial charge in [-0.3, -0.25) is 4.72 Å². The Morgan fingerprint density at radius 1 is 1.14 bits per heavy atom. The summed E-state index contributed by atoms with van der Waals surface area (Å²) >= 11 is 9.37. The molecule has 21 heavy (non-hydrogen) atoms. The van der Waals surface area contributed by atoms with Gasteiger partial charge in [0.15, 0.2) is 0 Å². The first kappa shape index (κ1) is 16.1. The summed E-state index contributed by atoms with van der Waals surface area (Å²) < 4.78 is 28.1. The van der Waals surface area contributed by atoms with Crippen LogP contribution in [0.5, 0.6) is 0 Å². The van der Waals surface area contributed by atoms with E-state index in [0.717, 1.165) is 5.56 Å². The minimum atomic E-state index is -3.74. The van der Waals surface area contributed by atoms with Crippen molar-refractivity contribution < 1.29 is 8.42 Å². The summed E-state index contributed by atoms with van der Waals surface area (Å²) in [5.74, 6) is 0. The maximum absolute atomic E-state index is 12.5. The molecule has 0 aliphatic heterocycles. The molecule has 7 heteroatoms. The third kappa shape index (κ3) is 3.51. The quantitative estimate of drug-likeness (QED) is 0.776. The van der Waals surface area contributed by atoms with E-state index in [2.05, 4.69) is 20.7 Å². The van der Waals surface area contributed by atoms with E-state index in [4.69, 9.17) is 17.3 Å². The number of nitrogens with one attached hydrogen (secondary N) is 1. The molecule has 0 atom stereocenters. The molecule has 0 fully saturated rings. The van der Waals surface area contributed by atoms with Gasteiger partial charge in [-0.1, -0.05) is 17.7 Å². The Morgan fingerprint density at radius 2 is 1.81 bits per heavy atom. The van der Waals surface area contributed by atoms with Crippen molar-refractivity contribution in [3.05, 3.63) is 51.0 Å². The predicted molar refractivity (Wildman–Crippen MR) is 90.3 cm³/mol. The Kier molecular flexibility index (Phi) is 4.51. The first-order chi connectivity index (χ1) is 9.70. The first-order valence-corrected chi connectivity index (χ1v) is 8.71. The monoisotopic (exact) mass is 388 g/mol. The number of nitrogen functional groups attached to an aromatic ring is 1. The summed E-state index contributed by atoms with van der Waals surface area (Å²) in [5.41, 5.74) is 7.91. The molecule has 0 heterocycles. The maximum Gasteiger partial charge on any atom is 0.262 e. The molecule has 0 saturated carbocycles. The standard InChI is InChI=1S/C14H14BrClN2O2S/c1-8-3-4-10(17)6-14(8)21(19,20)18-13-7-12(16)9(2)5-11(13)15/h3-7,18H,17H2,1-2H3. The Morgan fingerprint density at radius 3 is 2.48 bits per heavy atom. The number of hydrogen-bond acceptors (Lipinski definition) is 3. The van der Waals surface area contributed by atoms with Crippen LogP contribution in [0.3, 0.4) is 0 Å². The van der Waals surface area contributed by atoms with Crippen LogP contribution >= 0.6 is 27.5 Å². The van der Waals surface area contributed by atoms with Crippen LogP contribution < -0.4 is 10.5 Å². The average molecular weight is 390 g/mol. The van der Waals surface area contributed by atoms with Gasteiger partial charge < -0.3 is 5.73 Å². The molecule has 0 bridgehead atoms. The van der Waals surface area contributed by atoms with Gasteiger partial charge in [0.2, 0.25) is 0 Å². The highest BCUT2D eigenvalue weighted by atomic mass is 79.9. The summed E-state index contributed by atoms with van der Waals surface area (Å²) in [5, 5.41) is 0.486. The molecule has 0 spiro atoms. The molecule has 0 unspecified atom stereocenters. The highest BCUT2D eigenvalue weighted by Gasteiger charge is 2.19. The second kappa shape index (κ2) is 5.87. The molecule has 3 N–H and O–H groups in total. The Labute approximate surface area is 137 Å². The molecule has 0 saturated heterocycles.